The summed E-state index contributed by atoms with van der Waals surface area (Å²) in [5, 5.41) is 11.5. The lowest BCUT2D eigenvalue weighted by Gasteiger charge is -2.10. The van der Waals surface area contributed by atoms with E-state index in [9.17, 15) is 13.2 Å². The van der Waals surface area contributed by atoms with Gasteiger partial charge < -0.3 is 14.8 Å². The minimum Gasteiger partial charge on any atom is -0.454 e. The van der Waals surface area contributed by atoms with E-state index >= 15 is 0 Å². The molecule has 0 unspecified atom stereocenters. The van der Waals surface area contributed by atoms with Crippen molar-refractivity contribution in [3.63, 3.8) is 0 Å². The summed E-state index contributed by atoms with van der Waals surface area (Å²) in [4.78, 5) is 12.4. The summed E-state index contributed by atoms with van der Waals surface area (Å²) in [6.07, 6.45) is 0. The first-order chi connectivity index (χ1) is 14.4. The van der Waals surface area contributed by atoms with Gasteiger partial charge in [-0.25, -0.2) is 8.42 Å². The second-order valence-electron chi connectivity index (χ2n) is 6.34. The van der Waals surface area contributed by atoms with Crippen molar-refractivity contribution < 1.29 is 22.7 Å². The van der Waals surface area contributed by atoms with E-state index in [0.717, 1.165) is 0 Å². The fraction of sp³-hybridized carbons (Fsp3) is 0.0476. The Kier molecular flexibility index (Phi) is 5.00. The van der Waals surface area contributed by atoms with E-state index in [0.29, 0.717) is 28.4 Å². The van der Waals surface area contributed by atoms with E-state index in [-0.39, 0.29) is 17.3 Å². The third-order valence-electron chi connectivity index (χ3n) is 4.30. The number of rotatable bonds is 5. The molecule has 150 valence electrons. The summed E-state index contributed by atoms with van der Waals surface area (Å²) in [6, 6.07) is 18.7. The van der Waals surface area contributed by atoms with Gasteiger partial charge in [0.15, 0.2) is 11.5 Å². The molecule has 0 bridgehead atoms. The topological polar surface area (TPSA) is 118 Å². The zero-order chi connectivity index (χ0) is 21.1. The Balaban J connectivity index is 1.52. The Labute approximate surface area is 172 Å². The predicted molar refractivity (Wildman–Crippen MR) is 109 cm³/mol. The number of anilines is 2. The Bertz CT molecular complexity index is 1260. The number of benzene rings is 3. The Morgan fingerprint density at radius 3 is 2.43 bits per heavy atom. The highest BCUT2D eigenvalue weighted by atomic mass is 32.2. The predicted octanol–water partition coefficient (Wildman–Crippen LogP) is 3.34. The van der Waals surface area contributed by atoms with Gasteiger partial charge in [-0.3, -0.25) is 9.52 Å². The molecule has 30 heavy (non-hydrogen) atoms. The monoisotopic (exact) mass is 421 g/mol. The highest BCUT2D eigenvalue weighted by molar-refractivity contribution is 7.92. The molecule has 0 atom stereocenters. The van der Waals surface area contributed by atoms with Gasteiger partial charge in [0.2, 0.25) is 6.79 Å². The smallest absolute Gasteiger partial charge is 0.261 e. The van der Waals surface area contributed by atoms with Crippen LogP contribution >= 0.6 is 0 Å². The zero-order valence-corrected chi connectivity index (χ0v) is 16.3. The van der Waals surface area contributed by atoms with Crippen LogP contribution in [-0.4, -0.2) is 21.1 Å². The second kappa shape index (κ2) is 7.77. The van der Waals surface area contributed by atoms with Gasteiger partial charge in [0.1, 0.15) is 0 Å². The molecule has 0 radical (unpaired) electrons. The summed E-state index contributed by atoms with van der Waals surface area (Å²) in [5.74, 6) is 0.519. The molecule has 0 aliphatic carbocycles. The molecule has 1 aliphatic heterocycles. The molecule has 0 saturated carbocycles. The number of nitrogens with zero attached hydrogens (tertiary/aromatic N) is 1. The number of fused-ring (bicyclic) bond motifs is 1. The third kappa shape index (κ3) is 4.04. The molecule has 1 aliphatic rings. The molecule has 0 aromatic heterocycles. The van der Waals surface area contributed by atoms with Crippen LogP contribution in [0.25, 0.3) is 0 Å². The molecule has 8 nitrogen and oxygen atoms in total. The summed E-state index contributed by atoms with van der Waals surface area (Å²) in [6.45, 7) is 0.0853. The van der Waals surface area contributed by atoms with Crippen LogP contribution in [0.3, 0.4) is 0 Å². The summed E-state index contributed by atoms with van der Waals surface area (Å²) >= 11 is 0. The first-order valence-corrected chi connectivity index (χ1v) is 10.3. The quantitative estimate of drug-likeness (QED) is 0.652. The lowest BCUT2D eigenvalue weighted by molar-refractivity contribution is 0.102. The summed E-state index contributed by atoms with van der Waals surface area (Å²) in [7, 11) is -3.93. The van der Waals surface area contributed by atoms with Gasteiger partial charge in [-0.05, 0) is 54.6 Å². The van der Waals surface area contributed by atoms with Crippen LogP contribution in [0.15, 0.2) is 71.6 Å². The molecule has 0 fully saturated rings. The van der Waals surface area contributed by atoms with Crippen molar-refractivity contribution in [3.8, 4) is 17.6 Å². The van der Waals surface area contributed by atoms with Gasteiger partial charge in [-0.1, -0.05) is 6.07 Å². The van der Waals surface area contributed by atoms with Gasteiger partial charge >= 0.3 is 0 Å². The van der Waals surface area contributed by atoms with E-state index in [1.807, 2.05) is 6.07 Å². The van der Waals surface area contributed by atoms with Crippen LogP contribution in [0.1, 0.15) is 15.9 Å². The summed E-state index contributed by atoms with van der Waals surface area (Å²) < 4.78 is 38.5. The lowest BCUT2D eigenvalue weighted by Crippen LogP contribution is -2.16. The highest BCUT2D eigenvalue weighted by Gasteiger charge is 2.19. The van der Waals surface area contributed by atoms with Crippen molar-refractivity contribution in [1.29, 1.82) is 5.26 Å². The SMILES string of the molecule is N#Cc1ccc(NC(=O)c2cccc(S(=O)(=O)Nc3ccc4c(c3)OCO4)c2)cc1. The van der Waals surface area contributed by atoms with E-state index in [2.05, 4.69) is 10.0 Å². The number of carbonyl (C=O) groups excluding carboxylic acids is 1. The van der Waals surface area contributed by atoms with Gasteiger partial charge in [-0.2, -0.15) is 5.26 Å². The summed E-state index contributed by atoms with van der Waals surface area (Å²) in [5.41, 5.74) is 1.45. The third-order valence-corrected chi connectivity index (χ3v) is 5.68. The average molecular weight is 421 g/mol. The van der Waals surface area contributed by atoms with Gasteiger partial charge in [0, 0.05) is 17.3 Å². The van der Waals surface area contributed by atoms with Crippen LogP contribution in [0, 0.1) is 11.3 Å². The Morgan fingerprint density at radius 2 is 1.67 bits per heavy atom. The zero-order valence-electron chi connectivity index (χ0n) is 15.5. The van der Waals surface area contributed by atoms with Gasteiger partial charge in [-0.15, -0.1) is 0 Å². The Hall–Kier alpha value is -4.03. The maximum absolute atomic E-state index is 12.8. The standard InChI is InChI=1S/C21H15N3O5S/c22-12-14-4-6-16(7-5-14)23-21(25)15-2-1-3-18(10-15)30(26,27)24-17-8-9-19-20(11-17)29-13-28-19/h1-11,24H,13H2,(H,23,25). The fourth-order valence-electron chi connectivity index (χ4n) is 2.81. The second-order valence-corrected chi connectivity index (χ2v) is 8.03. The molecule has 3 aromatic carbocycles. The van der Waals surface area contributed by atoms with Crippen LogP contribution < -0.4 is 19.5 Å². The molecule has 9 heteroatoms. The Morgan fingerprint density at radius 1 is 0.933 bits per heavy atom. The molecule has 4 rings (SSSR count). The van der Waals surface area contributed by atoms with E-state index < -0.39 is 15.9 Å². The number of carbonyl (C=O) groups is 1. The van der Waals surface area contributed by atoms with E-state index in [4.69, 9.17) is 14.7 Å². The maximum atomic E-state index is 12.8. The molecule has 0 spiro atoms. The number of nitrogens with one attached hydrogen (secondary N) is 2. The van der Waals surface area contributed by atoms with Crippen LogP contribution in [0.2, 0.25) is 0 Å². The van der Waals surface area contributed by atoms with Crippen LogP contribution in [-0.2, 0) is 10.0 Å². The normalized spacial score (nSPS) is 12.1. The molecule has 1 heterocycles. The van der Waals surface area contributed by atoms with Crippen molar-refractivity contribution in [2.45, 2.75) is 4.90 Å². The molecule has 0 saturated heterocycles. The van der Waals surface area contributed by atoms with Crippen molar-refractivity contribution in [1.82, 2.24) is 0 Å². The lowest BCUT2D eigenvalue weighted by atomic mass is 10.2. The fourth-order valence-corrected chi connectivity index (χ4v) is 3.90. The highest BCUT2D eigenvalue weighted by Crippen LogP contribution is 2.34. The van der Waals surface area contributed by atoms with Crippen molar-refractivity contribution in [2.75, 3.05) is 16.8 Å². The number of amides is 1. The number of sulfonamides is 1. The van der Waals surface area contributed by atoms with Gasteiger partial charge in [0.25, 0.3) is 15.9 Å². The molecule has 1 amide bonds. The minimum absolute atomic E-state index is 0.0624. The van der Waals surface area contributed by atoms with Crippen molar-refractivity contribution in [3.05, 3.63) is 77.9 Å². The van der Waals surface area contributed by atoms with Crippen LogP contribution in [0.5, 0.6) is 11.5 Å². The molecule has 3 aromatic rings. The first-order valence-electron chi connectivity index (χ1n) is 8.79. The van der Waals surface area contributed by atoms with Crippen molar-refractivity contribution >= 4 is 27.3 Å². The average Bonchev–Trinajstić information content (AvgIpc) is 3.22. The first kappa shape index (κ1) is 19.3. The molecular formula is C21H15N3O5S. The maximum Gasteiger partial charge on any atom is 0.261 e. The van der Waals surface area contributed by atoms with E-state index in [1.54, 1.807) is 36.4 Å². The molecular weight excluding hydrogens is 406 g/mol. The largest absolute Gasteiger partial charge is 0.454 e. The molecule has 2 N–H and O–H groups in total. The van der Waals surface area contributed by atoms with Crippen LogP contribution in [0.4, 0.5) is 11.4 Å². The van der Waals surface area contributed by atoms with E-state index in [1.165, 1.54) is 30.3 Å². The number of nitriles is 1. The number of hydrogen-bond donors (Lipinski definition) is 2. The number of ether oxygens (including phenoxy) is 2. The number of hydrogen-bond acceptors (Lipinski definition) is 6. The minimum atomic E-state index is -3.93. The van der Waals surface area contributed by atoms with Crippen molar-refractivity contribution in [2.24, 2.45) is 0 Å². The van der Waals surface area contributed by atoms with Gasteiger partial charge in [0.05, 0.1) is 22.2 Å².